The highest BCUT2D eigenvalue weighted by molar-refractivity contribution is 6.68. The van der Waals surface area contributed by atoms with Gasteiger partial charge in [0.15, 0.2) is 0 Å². The van der Waals surface area contributed by atoms with Crippen LogP contribution in [0.5, 0.6) is 0 Å². The Bertz CT molecular complexity index is 421. The van der Waals surface area contributed by atoms with E-state index in [0.29, 0.717) is 0 Å². The summed E-state index contributed by atoms with van der Waals surface area (Å²) in [7, 11) is 0. The summed E-state index contributed by atoms with van der Waals surface area (Å²) in [5.41, 5.74) is 5.97. The molecule has 2 aliphatic rings. The molecule has 2 saturated carbocycles. The fourth-order valence-corrected chi connectivity index (χ4v) is 2.29. The number of primary amides is 1. The summed E-state index contributed by atoms with van der Waals surface area (Å²) in [6.45, 7) is 0. The summed E-state index contributed by atoms with van der Waals surface area (Å²) >= 11 is 0. The molecule has 0 heterocycles. The highest BCUT2D eigenvalue weighted by atomic mass is 16.2. The van der Waals surface area contributed by atoms with Crippen LogP contribution >= 0.6 is 0 Å². The molecule has 0 aromatic heterocycles. The molecule has 2 atom stereocenters. The number of hydrogen-bond acceptors (Lipinski definition) is 6. The summed E-state index contributed by atoms with van der Waals surface area (Å²) in [5, 5.41) is 0. The van der Waals surface area contributed by atoms with E-state index in [0.717, 1.165) is 25.7 Å². The first-order valence-electron chi connectivity index (χ1n) is 5.83. The van der Waals surface area contributed by atoms with E-state index < -0.39 is 29.2 Å². The molecule has 0 spiro atoms. The van der Waals surface area contributed by atoms with Gasteiger partial charge in [0.25, 0.3) is 5.78 Å². The van der Waals surface area contributed by atoms with E-state index >= 15 is 0 Å². The third-order valence-corrected chi connectivity index (χ3v) is 3.24. The molecule has 2 amide bonds. The molecular weight excluding hydrogens is 270 g/mol. The lowest BCUT2D eigenvalue weighted by molar-refractivity contribution is -0.141. The van der Waals surface area contributed by atoms with Crippen LogP contribution in [0.1, 0.15) is 25.7 Å². The number of hydrazine groups is 1. The molecule has 0 aromatic rings. The molecule has 2 unspecified atom stereocenters. The van der Waals surface area contributed by atoms with Crippen molar-refractivity contribution in [3.8, 4) is 0 Å². The Morgan fingerprint density at radius 2 is 1.40 bits per heavy atom. The maximum atomic E-state index is 11.2. The van der Waals surface area contributed by atoms with Gasteiger partial charge in [-0.3, -0.25) is 29.4 Å². The smallest absolute Gasteiger partial charge is 0.322 e. The van der Waals surface area contributed by atoms with Crippen LogP contribution in [0.25, 0.3) is 0 Å². The number of carbonyl (C=O) groups is 5. The molecule has 112 valence electrons. The lowest BCUT2D eigenvalue weighted by atomic mass is 9.81. The second-order valence-electron chi connectivity index (χ2n) is 4.39. The maximum Gasteiger partial charge on any atom is 0.322 e. The zero-order chi connectivity index (χ0) is 14.6. The van der Waals surface area contributed by atoms with Crippen LogP contribution < -0.4 is 17.0 Å². The van der Waals surface area contributed by atoms with Gasteiger partial charge < -0.3 is 11.2 Å². The molecule has 7 N–H and O–H groups in total. The van der Waals surface area contributed by atoms with Gasteiger partial charge in [-0.2, -0.15) is 0 Å². The molecule has 2 rings (SSSR count). The van der Waals surface area contributed by atoms with E-state index in [-0.39, 0.29) is 17.3 Å². The Kier molecular flexibility index (Phi) is 6.66. The van der Waals surface area contributed by atoms with Crippen molar-refractivity contribution in [2.45, 2.75) is 25.7 Å². The van der Waals surface area contributed by atoms with Crippen LogP contribution in [0.2, 0.25) is 0 Å². The summed E-state index contributed by atoms with van der Waals surface area (Å²) in [4.78, 5) is 52.8. The lowest BCUT2D eigenvalue weighted by Gasteiger charge is -2.20. The largest absolute Gasteiger partial charge is 0.412 e. The summed E-state index contributed by atoms with van der Waals surface area (Å²) < 4.78 is 0. The number of amides is 2. The van der Waals surface area contributed by atoms with E-state index in [9.17, 15) is 24.0 Å². The number of nitrogens with one attached hydrogen (secondary N) is 1. The second kappa shape index (κ2) is 7.46. The summed E-state index contributed by atoms with van der Waals surface area (Å²) in [5.74, 6) is 0.307. The van der Waals surface area contributed by atoms with E-state index in [2.05, 4.69) is 11.6 Å². The fraction of sp³-hybridized carbons (Fsp3) is 0.545. The molecule has 0 saturated heterocycles. The number of nitrogens with two attached hydrogens (primary N) is 2. The summed E-state index contributed by atoms with van der Waals surface area (Å²) in [6, 6.07) is 0. The zero-order valence-corrected chi connectivity index (χ0v) is 10.7. The van der Waals surface area contributed by atoms with Crippen molar-refractivity contribution in [1.29, 1.82) is 0 Å². The molecular formula is C11H17N3O6. The van der Waals surface area contributed by atoms with Gasteiger partial charge in [0.05, 0.1) is 0 Å². The predicted octanol–water partition coefficient (Wildman–Crippen LogP) is -2.85. The molecule has 0 aliphatic heterocycles. The number of ketones is 3. The quantitative estimate of drug-likeness (QED) is 0.186. The summed E-state index contributed by atoms with van der Waals surface area (Å²) in [6.07, 6.45) is 3.43. The Morgan fingerprint density at radius 1 is 1.00 bits per heavy atom. The lowest BCUT2D eigenvalue weighted by Crippen LogP contribution is -2.40. The molecule has 9 nitrogen and oxygen atoms in total. The van der Waals surface area contributed by atoms with E-state index in [1.54, 1.807) is 5.43 Å². The van der Waals surface area contributed by atoms with Gasteiger partial charge in [-0.15, -0.1) is 0 Å². The highest BCUT2D eigenvalue weighted by Gasteiger charge is 2.48. The predicted molar refractivity (Wildman–Crippen MR) is 65.6 cm³/mol. The normalized spacial score (nSPS) is 23.9. The van der Waals surface area contributed by atoms with E-state index in [1.807, 2.05) is 0 Å². The molecule has 0 aromatic carbocycles. The van der Waals surface area contributed by atoms with Crippen LogP contribution in [-0.4, -0.2) is 34.6 Å². The van der Waals surface area contributed by atoms with Gasteiger partial charge in [-0.1, -0.05) is 12.8 Å². The topological polar surface area (TPSA) is 181 Å². The third-order valence-electron chi connectivity index (χ3n) is 3.24. The number of carbonyl (C=O) groups excluding carboxylic acids is 5. The third kappa shape index (κ3) is 3.68. The molecule has 2 aliphatic carbocycles. The Hall–Kier alpha value is -2.13. The Labute approximate surface area is 114 Å². The number of hydrogen-bond donors (Lipinski definition) is 3. The minimum atomic E-state index is -1.08. The fourth-order valence-electron chi connectivity index (χ4n) is 2.29. The van der Waals surface area contributed by atoms with Crippen LogP contribution in [0.3, 0.4) is 0 Å². The number of Topliss-reactive ketones (excluding diaryl/α,β-unsaturated/α-hetero) is 3. The van der Waals surface area contributed by atoms with Crippen molar-refractivity contribution in [1.82, 2.24) is 5.43 Å². The number of rotatable bonds is 0. The second-order valence-corrected chi connectivity index (χ2v) is 4.39. The average molecular weight is 287 g/mol. The van der Waals surface area contributed by atoms with Crippen molar-refractivity contribution < 1.29 is 29.4 Å². The van der Waals surface area contributed by atoms with Crippen LogP contribution in [0.4, 0.5) is 0 Å². The van der Waals surface area contributed by atoms with Gasteiger partial charge in [0, 0.05) is 11.8 Å². The van der Waals surface area contributed by atoms with Crippen molar-refractivity contribution in [3.63, 3.8) is 0 Å². The van der Waals surface area contributed by atoms with Crippen molar-refractivity contribution in [3.05, 3.63) is 0 Å². The van der Waals surface area contributed by atoms with Gasteiger partial charge in [0.1, 0.15) is 0 Å². The minimum absolute atomic E-state index is 0. The Morgan fingerprint density at radius 3 is 1.65 bits per heavy atom. The standard InChI is InChI=1S/C9H10O3.C2H5N3O2.H2O/c10-7-5-3-1-2-4-6(5)8(11)9(7)12;3-1(6)2(7)5-4;/h5-6H,1-4H2;4H2,(H2,3,6)(H,5,7);1H2. The Balaban J connectivity index is 0.000000396. The van der Waals surface area contributed by atoms with Gasteiger partial charge in [0.2, 0.25) is 11.6 Å². The van der Waals surface area contributed by atoms with Crippen molar-refractivity contribution in [2.24, 2.45) is 23.4 Å². The number of fused-ring (bicyclic) bond motifs is 1. The van der Waals surface area contributed by atoms with Crippen LogP contribution in [-0.2, 0) is 24.0 Å². The molecule has 0 radical (unpaired) electrons. The monoisotopic (exact) mass is 287 g/mol. The van der Waals surface area contributed by atoms with Crippen LogP contribution in [0.15, 0.2) is 0 Å². The molecule has 9 heteroatoms. The van der Waals surface area contributed by atoms with Crippen molar-refractivity contribution in [2.75, 3.05) is 0 Å². The van der Waals surface area contributed by atoms with Gasteiger partial charge in [-0.25, -0.2) is 5.84 Å². The molecule has 20 heavy (non-hydrogen) atoms. The zero-order valence-electron chi connectivity index (χ0n) is 10.7. The SMILES string of the molecule is NNC(=O)C(N)=O.O.O=C1C(=O)C2CCCCC2C1=O. The van der Waals surface area contributed by atoms with Crippen LogP contribution in [0, 0.1) is 11.8 Å². The van der Waals surface area contributed by atoms with Gasteiger partial charge in [-0.05, 0) is 12.8 Å². The highest BCUT2D eigenvalue weighted by Crippen LogP contribution is 2.36. The first kappa shape index (κ1) is 17.9. The molecule has 2 fully saturated rings. The van der Waals surface area contributed by atoms with E-state index in [4.69, 9.17) is 0 Å². The van der Waals surface area contributed by atoms with Gasteiger partial charge >= 0.3 is 11.8 Å². The van der Waals surface area contributed by atoms with Crippen molar-refractivity contribution >= 4 is 29.2 Å². The molecule has 0 bridgehead atoms. The van der Waals surface area contributed by atoms with E-state index in [1.165, 1.54) is 0 Å². The first-order valence-corrected chi connectivity index (χ1v) is 5.83. The first-order chi connectivity index (χ1) is 8.90. The average Bonchev–Trinajstić information content (AvgIpc) is 2.64. The minimum Gasteiger partial charge on any atom is -0.412 e. The maximum absolute atomic E-state index is 11.2.